The number of carbonyl (C=O) groups is 1. The van der Waals surface area contributed by atoms with Crippen LogP contribution < -0.4 is 0 Å². The molecule has 0 aliphatic heterocycles. The van der Waals surface area contributed by atoms with Crippen molar-refractivity contribution in [2.24, 2.45) is 11.8 Å². The molecule has 0 aromatic heterocycles. The summed E-state index contributed by atoms with van der Waals surface area (Å²) in [5, 5.41) is 0. The van der Waals surface area contributed by atoms with Gasteiger partial charge in [-0.25, -0.2) is 0 Å². The zero-order valence-corrected chi connectivity index (χ0v) is 12.1. The summed E-state index contributed by atoms with van der Waals surface area (Å²) in [7, 11) is 0. The van der Waals surface area contributed by atoms with Crippen LogP contribution in [0, 0.1) is 11.8 Å². The third-order valence-corrected chi connectivity index (χ3v) is 5.50. The van der Waals surface area contributed by atoms with Gasteiger partial charge in [0.1, 0.15) is 5.78 Å². The summed E-state index contributed by atoms with van der Waals surface area (Å²) in [5.74, 6) is 1.91. The van der Waals surface area contributed by atoms with Crippen LogP contribution in [0.1, 0.15) is 57.1 Å². The van der Waals surface area contributed by atoms with Gasteiger partial charge in [0.05, 0.1) is 0 Å². The van der Waals surface area contributed by atoms with Crippen molar-refractivity contribution in [2.75, 3.05) is 0 Å². The molecule has 0 saturated heterocycles. The molecule has 2 aliphatic rings. The molecule has 0 N–H and O–H groups in total. The predicted octanol–water partition coefficient (Wildman–Crippen LogP) is 4.29. The minimum absolute atomic E-state index is 0.348. The Morgan fingerprint density at radius 2 is 2.11 bits per heavy atom. The number of rotatable bonds is 4. The predicted molar refractivity (Wildman–Crippen MR) is 78.2 cm³/mol. The fraction of sp³-hybridized carbons (Fsp3) is 0.611. The van der Waals surface area contributed by atoms with E-state index in [1.54, 1.807) is 18.1 Å². The molecule has 0 radical (unpaired) electrons. The summed E-state index contributed by atoms with van der Waals surface area (Å²) in [6.07, 6.45) is 7.03. The first-order chi connectivity index (χ1) is 9.20. The zero-order valence-electron chi connectivity index (χ0n) is 12.1. The van der Waals surface area contributed by atoms with Crippen LogP contribution in [0.4, 0.5) is 0 Å². The molecule has 2 aliphatic carbocycles. The van der Waals surface area contributed by atoms with E-state index >= 15 is 0 Å². The highest BCUT2D eigenvalue weighted by atomic mass is 16.1. The van der Waals surface area contributed by atoms with Crippen molar-refractivity contribution in [1.82, 2.24) is 0 Å². The van der Waals surface area contributed by atoms with Crippen LogP contribution in [0.5, 0.6) is 0 Å². The van der Waals surface area contributed by atoms with Crippen LogP contribution in [-0.4, -0.2) is 5.78 Å². The first kappa shape index (κ1) is 12.9. The molecule has 3 rings (SSSR count). The Labute approximate surface area is 116 Å². The maximum absolute atomic E-state index is 11.3. The number of hydrogen-bond donors (Lipinski definition) is 0. The Balaban J connectivity index is 1.89. The summed E-state index contributed by atoms with van der Waals surface area (Å²) < 4.78 is 0. The highest BCUT2D eigenvalue weighted by Gasteiger charge is 2.63. The maximum Gasteiger partial charge on any atom is 0.129 e. The molecule has 1 aromatic rings. The number of benzene rings is 1. The summed E-state index contributed by atoms with van der Waals surface area (Å²) >= 11 is 0. The Bertz CT molecular complexity index is 490. The van der Waals surface area contributed by atoms with E-state index in [1.165, 1.54) is 25.7 Å². The Hall–Kier alpha value is -1.11. The fourth-order valence-corrected chi connectivity index (χ4v) is 4.74. The topological polar surface area (TPSA) is 17.1 Å². The summed E-state index contributed by atoms with van der Waals surface area (Å²) in [6.45, 7) is 4.04. The first-order valence-electron chi connectivity index (χ1n) is 7.78. The largest absolute Gasteiger partial charge is 0.300 e. The number of ketones is 1. The highest BCUT2D eigenvalue weighted by molar-refractivity contribution is 5.75. The van der Waals surface area contributed by atoms with Gasteiger partial charge in [0.25, 0.3) is 0 Å². The standard InChI is InChI=1S/C18H24O/c1-3-15-17(11-10-13(2)19)18(15)12-6-8-14-7-4-5-9-16(14)18/h4-5,7,9,15,17H,3,6,8,10-12H2,1-2H3/t15-,17+,18-/m1/s1. The molecule has 0 unspecified atom stereocenters. The van der Waals surface area contributed by atoms with E-state index in [1.807, 2.05) is 0 Å². The van der Waals surface area contributed by atoms with Gasteiger partial charge in [0.2, 0.25) is 0 Å². The van der Waals surface area contributed by atoms with Crippen molar-refractivity contribution in [2.45, 2.75) is 57.8 Å². The molecule has 102 valence electrons. The second-order valence-electron chi connectivity index (χ2n) is 6.41. The van der Waals surface area contributed by atoms with E-state index in [9.17, 15) is 4.79 Å². The zero-order chi connectivity index (χ0) is 13.5. The van der Waals surface area contributed by atoms with Gasteiger partial charge >= 0.3 is 0 Å². The van der Waals surface area contributed by atoms with E-state index in [0.717, 1.165) is 24.7 Å². The third kappa shape index (κ3) is 1.94. The van der Waals surface area contributed by atoms with E-state index in [4.69, 9.17) is 0 Å². The summed E-state index contributed by atoms with van der Waals surface area (Å²) in [6, 6.07) is 9.03. The van der Waals surface area contributed by atoms with Gasteiger partial charge in [-0.2, -0.15) is 0 Å². The van der Waals surface area contributed by atoms with Gasteiger partial charge in [0, 0.05) is 11.8 Å². The molecule has 1 nitrogen and oxygen atoms in total. The monoisotopic (exact) mass is 256 g/mol. The van der Waals surface area contributed by atoms with E-state index in [2.05, 4.69) is 31.2 Å². The number of carbonyl (C=O) groups excluding carboxylic acids is 1. The van der Waals surface area contributed by atoms with Gasteiger partial charge in [0.15, 0.2) is 0 Å². The minimum atomic E-state index is 0.348. The van der Waals surface area contributed by atoms with Gasteiger partial charge < -0.3 is 4.79 Å². The Morgan fingerprint density at radius 1 is 1.32 bits per heavy atom. The van der Waals surface area contributed by atoms with E-state index in [-0.39, 0.29) is 0 Å². The van der Waals surface area contributed by atoms with Gasteiger partial charge in [-0.15, -0.1) is 0 Å². The molecule has 3 atom stereocenters. The maximum atomic E-state index is 11.3. The number of aryl methyl sites for hydroxylation is 1. The molecule has 1 spiro atoms. The summed E-state index contributed by atoms with van der Waals surface area (Å²) in [5.41, 5.74) is 3.61. The average molecular weight is 256 g/mol. The van der Waals surface area contributed by atoms with Crippen molar-refractivity contribution in [3.05, 3.63) is 35.4 Å². The quantitative estimate of drug-likeness (QED) is 0.785. The average Bonchev–Trinajstić information content (AvgIpc) is 3.04. The number of Topliss-reactive ketones (excluding diaryl/α,β-unsaturated/α-hetero) is 1. The first-order valence-corrected chi connectivity index (χ1v) is 7.78. The van der Waals surface area contributed by atoms with Gasteiger partial charge in [-0.05, 0) is 55.6 Å². The number of fused-ring (bicyclic) bond motifs is 2. The summed E-state index contributed by atoms with van der Waals surface area (Å²) in [4.78, 5) is 11.3. The Kier molecular flexibility index (Phi) is 3.24. The van der Waals surface area contributed by atoms with Crippen LogP contribution in [-0.2, 0) is 16.6 Å². The molecule has 1 heteroatoms. The van der Waals surface area contributed by atoms with Crippen molar-refractivity contribution in [1.29, 1.82) is 0 Å². The van der Waals surface area contributed by atoms with Crippen molar-refractivity contribution in [3.63, 3.8) is 0 Å². The lowest BCUT2D eigenvalue weighted by molar-refractivity contribution is -0.117. The minimum Gasteiger partial charge on any atom is -0.300 e. The van der Waals surface area contributed by atoms with E-state index in [0.29, 0.717) is 11.2 Å². The molecule has 1 aromatic carbocycles. The molecular weight excluding hydrogens is 232 g/mol. The second-order valence-corrected chi connectivity index (χ2v) is 6.41. The molecule has 0 amide bonds. The lowest BCUT2D eigenvalue weighted by atomic mass is 9.77. The molecule has 1 fully saturated rings. The van der Waals surface area contributed by atoms with Crippen LogP contribution in [0.3, 0.4) is 0 Å². The Morgan fingerprint density at radius 3 is 2.84 bits per heavy atom. The number of hydrogen-bond acceptors (Lipinski definition) is 1. The van der Waals surface area contributed by atoms with Gasteiger partial charge in [-0.3, -0.25) is 0 Å². The molecule has 19 heavy (non-hydrogen) atoms. The second kappa shape index (κ2) is 4.77. The van der Waals surface area contributed by atoms with Gasteiger partial charge in [-0.1, -0.05) is 37.6 Å². The van der Waals surface area contributed by atoms with Crippen LogP contribution >= 0.6 is 0 Å². The highest BCUT2D eigenvalue weighted by Crippen LogP contribution is 2.67. The lowest BCUT2D eigenvalue weighted by Gasteiger charge is -2.27. The molecule has 0 heterocycles. The SMILES string of the molecule is CC[C@@H]1[C@H](CCC(C)=O)[C@]12CCCc1ccccc12. The fourth-order valence-electron chi connectivity index (χ4n) is 4.74. The lowest BCUT2D eigenvalue weighted by Crippen LogP contribution is -2.20. The third-order valence-electron chi connectivity index (χ3n) is 5.50. The van der Waals surface area contributed by atoms with Crippen molar-refractivity contribution < 1.29 is 4.79 Å². The van der Waals surface area contributed by atoms with E-state index < -0.39 is 0 Å². The van der Waals surface area contributed by atoms with Crippen molar-refractivity contribution in [3.8, 4) is 0 Å². The van der Waals surface area contributed by atoms with Crippen LogP contribution in [0.15, 0.2) is 24.3 Å². The molecule has 1 saturated carbocycles. The molecular formula is C18H24O. The normalized spacial score (nSPS) is 32.1. The smallest absolute Gasteiger partial charge is 0.129 e. The van der Waals surface area contributed by atoms with Crippen LogP contribution in [0.25, 0.3) is 0 Å². The molecule has 0 bridgehead atoms. The van der Waals surface area contributed by atoms with Crippen LogP contribution in [0.2, 0.25) is 0 Å². The van der Waals surface area contributed by atoms with Crippen molar-refractivity contribution >= 4 is 5.78 Å².